The van der Waals surface area contributed by atoms with Crippen molar-refractivity contribution in [2.24, 2.45) is 0 Å². The van der Waals surface area contributed by atoms with Crippen molar-refractivity contribution in [3.63, 3.8) is 0 Å². The number of hydrogen-bond donors (Lipinski definition) is 0. The number of para-hydroxylation sites is 3. The average Bonchev–Trinajstić information content (AvgIpc) is 4.10. The zero-order valence-electron chi connectivity index (χ0n) is 34.7. The summed E-state index contributed by atoms with van der Waals surface area (Å²) in [6.45, 7) is 0. The van der Waals surface area contributed by atoms with Gasteiger partial charge < -0.3 is 4.57 Å². The summed E-state index contributed by atoms with van der Waals surface area (Å²) in [5.41, 5.74) is 9.04. The molecule has 0 fully saturated rings. The quantitative estimate of drug-likeness (QED) is 0.173. The van der Waals surface area contributed by atoms with Gasteiger partial charge in [-0.05, 0) is 126 Å². The fraction of sp³-hybridized carbons (Fsp3) is 0. The first-order valence-corrected chi connectivity index (χ1v) is 23.3. The Morgan fingerprint density at radius 3 is 1.41 bits per heavy atom. The number of nitrogens with zero attached hydrogens (tertiary/aromatic N) is 5. The molecule has 9 aromatic carbocycles. The maximum absolute atomic E-state index is 14.7. The van der Waals surface area contributed by atoms with Crippen LogP contribution in [-0.4, -0.2) is 24.1 Å². The number of fused-ring (bicyclic) bond motifs is 12. The molecular formula is C57H31F2N5S2. The van der Waals surface area contributed by atoms with Gasteiger partial charge in [0.25, 0.3) is 0 Å². The standard InChI is InChI=1S/C57H31F2N5S2/c58-36-18-24-53-45(30-36)43-27-34(16-22-51(43)65-53)55-60-56(35-17-23-52-44(28-35)46-31-37(59)19-25-54(46)66-52)62-57(61-55)64-48-13-7-4-10-39(48)41-20-14-33(29-50(41)64)32-15-21-49-42(26-32)40-11-5-6-12-47(40)63(49)38-8-2-1-3-9-38/h1-31H. The summed E-state index contributed by atoms with van der Waals surface area (Å²) >= 11 is 3.26. The van der Waals surface area contributed by atoms with E-state index in [4.69, 9.17) is 15.0 Å². The molecule has 0 aliphatic rings. The van der Waals surface area contributed by atoms with Crippen LogP contribution >= 0.6 is 22.7 Å². The second-order valence-corrected chi connectivity index (χ2v) is 18.9. The molecule has 14 aromatic rings. The van der Waals surface area contributed by atoms with E-state index in [2.05, 4.69) is 137 Å². The van der Waals surface area contributed by atoms with Gasteiger partial charge in [0.1, 0.15) is 11.6 Å². The molecule has 0 saturated carbocycles. The molecule has 5 heterocycles. The number of rotatable bonds is 5. The lowest BCUT2D eigenvalue weighted by molar-refractivity contribution is 0.629. The van der Waals surface area contributed by atoms with Gasteiger partial charge in [-0.25, -0.2) is 13.8 Å². The minimum Gasteiger partial charge on any atom is -0.309 e. The summed E-state index contributed by atoms with van der Waals surface area (Å²) in [6, 6.07) is 63.0. The lowest BCUT2D eigenvalue weighted by Gasteiger charge is -2.12. The first-order chi connectivity index (χ1) is 32.5. The van der Waals surface area contributed by atoms with Crippen molar-refractivity contribution in [3.8, 4) is 45.5 Å². The Morgan fingerprint density at radius 2 is 0.773 bits per heavy atom. The van der Waals surface area contributed by atoms with Crippen molar-refractivity contribution >= 4 is 107 Å². The summed E-state index contributed by atoms with van der Waals surface area (Å²) in [7, 11) is 0. The Hall–Kier alpha value is -8.11. The van der Waals surface area contributed by atoms with Gasteiger partial charge in [0.2, 0.25) is 5.95 Å². The lowest BCUT2D eigenvalue weighted by atomic mass is 10.0. The molecule has 0 atom stereocenters. The van der Waals surface area contributed by atoms with Gasteiger partial charge in [0.05, 0.1) is 22.1 Å². The fourth-order valence-corrected chi connectivity index (χ4v) is 12.0. The van der Waals surface area contributed by atoms with Crippen LogP contribution in [0.1, 0.15) is 0 Å². The molecule has 9 heteroatoms. The van der Waals surface area contributed by atoms with Crippen LogP contribution in [0.25, 0.3) is 129 Å². The van der Waals surface area contributed by atoms with Crippen molar-refractivity contribution in [3.05, 3.63) is 200 Å². The zero-order chi connectivity index (χ0) is 43.6. The van der Waals surface area contributed by atoms with Gasteiger partial charge >= 0.3 is 0 Å². The van der Waals surface area contributed by atoms with E-state index in [1.807, 2.05) is 36.4 Å². The first kappa shape index (κ1) is 37.3. The molecule has 5 nitrogen and oxygen atoms in total. The minimum atomic E-state index is -0.279. The van der Waals surface area contributed by atoms with Crippen LogP contribution in [0.4, 0.5) is 8.78 Å². The predicted molar refractivity (Wildman–Crippen MR) is 271 cm³/mol. The summed E-state index contributed by atoms with van der Waals surface area (Å²) in [6.07, 6.45) is 0. The topological polar surface area (TPSA) is 48.5 Å². The Bertz CT molecular complexity index is 4200. The van der Waals surface area contributed by atoms with E-state index in [1.54, 1.807) is 34.8 Å². The van der Waals surface area contributed by atoms with Crippen molar-refractivity contribution < 1.29 is 8.78 Å². The highest BCUT2D eigenvalue weighted by molar-refractivity contribution is 7.26. The molecule has 0 unspecified atom stereocenters. The third-order valence-corrected chi connectivity index (χ3v) is 15.2. The molecule has 0 radical (unpaired) electrons. The molecule has 0 amide bonds. The van der Waals surface area contributed by atoms with E-state index in [0.29, 0.717) is 17.6 Å². The highest BCUT2D eigenvalue weighted by Crippen LogP contribution is 2.41. The molecule has 0 N–H and O–H groups in total. The van der Waals surface area contributed by atoms with E-state index in [9.17, 15) is 8.78 Å². The van der Waals surface area contributed by atoms with Gasteiger partial charge in [-0.1, -0.05) is 72.8 Å². The molecule has 310 valence electrons. The van der Waals surface area contributed by atoms with E-state index in [-0.39, 0.29) is 11.6 Å². The Balaban J connectivity index is 0.999. The second-order valence-electron chi connectivity index (χ2n) is 16.7. The lowest BCUT2D eigenvalue weighted by Crippen LogP contribution is -2.06. The third-order valence-electron chi connectivity index (χ3n) is 12.9. The maximum Gasteiger partial charge on any atom is 0.238 e. The molecule has 0 aliphatic carbocycles. The molecule has 14 rings (SSSR count). The van der Waals surface area contributed by atoms with Gasteiger partial charge in [-0.15, -0.1) is 22.7 Å². The van der Waals surface area contributed by atoms with Gasteiger partial charge in [-0.2, -0.15) is 9.97 Å². The Kier molecular flexibility index (Phi) is 8.02. The van der Waals surface area contributed by atoms with Crippen LogP contribution in [0.2, 0.25) is 0 Å². The van der Waals surface area contributed by atoms with Crippen LogP contribution in [0.5, 0.6) is 0 Å². The molecule has 5 aromatic heterocycles. The maximum atomic E-state index is 14.7. The number of halogens is 2. The first-order valence-electron chi connectivity index (χ1n) is 21.6. The largest absolute Gasteiger partial charge is 0.309 e. The van der Waals surface area contributed by atoms with Crippen LogP contribution in [-0.2, 0) is 0 Å². The smallest absolute Gasteiger partial charge is 0.238 e. The number of benzene rings is 9. The molecule has 0 aliphatic heterocycles. The third kappa shape index (κ3) is 5.70. The van der Waals surface area contributed by atoms with E-state index < -0.39 is 0 Å². The molecule has 0 saturated heterocycles. The molecule has 0 spiro atoms. The van der Waals surface area contributed by atoms with Crippen molar-refractivity contribution in [1.82, 2.24) is 24.1 Å². The van der Waals surface area contributed by atoms with E-state index >= 15 is 0 Å². The van der Waals surface area contributed by atoms with Crippen LogP contribution in [0.15, 0.2) is 188 Å². The van der Waals surface area contributed by atoms with Crippen LogP contribution in [0.3, 0.4) is 0 Å². The normalized spacial score (nSPS) is 12.1. The average molecular weight is 888 g/mol. The molecule has 66 heavy (non-hydrogen) atoms. The highest BCUT2D eigenvalue weighted by Gasteiger charge is 2.21. The Morgan fingerprint density at radius 1 is 0.318 bits per heavy atom. The monoisotopic (exact) mass is 887 g/mol. The minimum absolute atomic E-state index is 0.279. The van der Waals surface area contributed by atoms with Gasteiger partial charge in [0.15, 0.2) is 11.6 Å². The summed E-state index contributed by atoms with van der Waals surface area (Å²) in [5, 5.41) is 8.10. The number of hydrogen-bond acceptors (Lipinski definition) is 5. The highest BCUT2D eigenvalue weighted by atomic mass is 32.1. The summed E-state index contributed by atoms with van der Waals surface area (Å²) < 4.78 is 37.9. The van der Waals surface area contributed by atoms with Gasteiger partial charge in [0, 0.05) is 78.7 Å². The van der Waals surface area contributed by atoms with E-state index in [1.165, 1.54) is 22.9 Å². The summed E-state index contributed by atoms with van der Waals surface area (Å²) in [4.78, 5) is 15.8. The number of thiophene rings is 2. The fourth-order valence-electron chi connectivity index (χ4n) is 9.87. The zero-order valence-corrected chi connectivity index (χ0v) is 36.3. The van der Waals surface area contributed by atoms with Crippen molar-refractivity contribution in [2.45, 2.75) is 0 Å². The number of aromatic nitrogens is 5. The van der Waals surface area contributed by atoms with Crippen LogP contribution in [0, 0.1) is 11.6 Å². The van der Waals surface area contributed by atoms with Crippen LogP contribution < -0.4 is 0 Å². The SMILES string of the molecule is Fc1ccc2sc3ccc(-c4nc(-c5ccc6sc7ccc(F)cc7c6c5)nc(-n5c6ccccc6c6ccc(-c7ccc8c(c7)c7ccccc7n8-c7ccccc7)cc65)n4)cc3c2c1. The van der Waals surface area contributed by atoms with Crippen molar-refractivity contribution in [2.75, 3.05) is 0 Å². The molecule has 0 bridgehead atoms. The van der Waals surface area contributed by atoms with E-state index in [0.717, 1.165) is 101 Å². The van der Waals surface area contributed by atoms with Crippen molar-refractivity contribution in [1.29, 1.82) is 0 Å². The molecular weight excluding hydrogens is 857 g/mol. The van der Waals surface area contributed by atoms with Gasteiger partial charge in [-0.3, -0.25) is 4.57 Å². The Labute approximate surface area is 382 Å². The predicted octanol–water partition coefficient (Wildman–Crippen LogP) is 16.1. The summed E-state index contributed by atoms with van der Waals surface area (Å²) in [5.74, 6) is 0.867. The second kappa shape index (κ2) is 14.2.